The Balaban J connectivity index is 2.90. The van der Waals surface area contributed by atoms with Crippen molar-refractivity contribution in [3.05, 3.63) is 22.4 Å². The Morgan fingerprint density at radius 2 is 2.05 bits per heavy atom. The zero-order valence-electron chi connectivity index (χ0n) is 12.1. The van der Waals surface area contributed by atoms with Crippen LogP contribution < -0.4 is 5.32 Å². The van der Waals surface area contributed by atoms with Crippen molar-refractivity contribution in [2.45, 2.75) is 38.6 Å². The fraction of sp³-hybridized carbons (Fsp3) is 0.500. The van der Waals surface area contributed by atoms with Crippen LogP contribution in [-0.4, -0.2) is 30.3 Å². The van der Waals surface area contributed by atoms with Gasteiger partial charge in [0.2, 0.25) is 5.91 Å². The lowest BCUT2D eigenvalue weighted by Gasteiger charge is -2.25. The van der Waals surface area contributed by atoms with Crippen LogP contribution in [0.15, 0.2) is 16.8 Å². The molecule has 0 radical (unpaired) electrons. The van der Waals surface area contributed by atoms with Crippen molar-refractivity contribution in [2.75, 3.05) is 7.11 Å². The maximum absolute atomic E-state index is 12.3. The molecule has 20 heavy (non-hydrogen) atoms. The number of nitrogens with one attached hydrogen (secondary N) is 1. The summed E-state index contributed by atoms with van der Waals surface area (Å²) < 4.78 is 4.65. The smallest absolute Gasteiger partial charge is 0.330 e. The molecule has 0 saturated heterocycles. The second kappa shape index (κ2) is 6.65. The molecule has 0 aliphatic rings. The number of ketones is 1. The molecule has 0 saturated carbocycles. The fourth-order valence-electron chi connectivity index (χ4n) is 1.82. The maximum atomic E-state index is 12.3. The fourth-order valence-corrected chi connectivity index (χ4v) is 2.54. The van der Waals surface area contributed by atoms with Gasteiger partial charge in [0.25, 0.3) is 0 Å². The number of methoxy groups -OCH3 is 1. The first-order valence-electron chi connectivity index (χ1n) is 6.20. The molecule has 110 valence electrons. The van der Waals surface area contributed by atoms with Crippen LogP contribution in [0.5, 0.6) is 0 Å². The summed E-state index contributed by atoms with van der Waals surface area (Å²) in [4.78, 5) is 35.3. The Morgan fingerprint density at radius 3 is 2.50 bits per heavy atom. The van der Waals surface area contributed by atoms with Crippen LogP contribution in [0.1, 0.15) is 38.7 Å². The number of rotatable bonds is 6. The number of amides is 1. The third-order valence-electron chi connectivity index (χ3n) is 2.89. The number of carbonyl (C=O) groups is 3. The summed E-state index contributed by atoms with van der Waals surface area (Å²) in [5.41, 5.74) is -0.347. The van der Waals surface area contributed by atoms with Crippen molar-refractivity contribution in [1.82, 2.24) is 5.32 Å². The lowest BCUT2D eigenvalue weighted by Crippen LogP contribution is -2.51. The van der Waals surface area contributed by atoms with E-state index in [1.165, 1.54) is 25.4 Å². The van der Waals surface area contributed by atoms with Gasteiger partial charge >= 0.3 is 5.97 Å². The lowest BCUT2D eigenvalue weighted by molar-refractivity contribution is -0.149. The predicted octanol–water partition coefficient (Wildman–Crippen LogP) is 1.88. The van der Waals surface area contributed by atoms with Gasteiger partial charge in [0, 0.05) is 6.42 Å². The van der Waals surface area contributed by atoms with E-state index in [0.717, 1.165) is 5.56 Å². The van der Waals surface area contributed by atoms with Gasteiger partial charge in [0.05, 0.1) is 13.0 Å². The van der Waals surface area contributed by atoms with E-state index >= 15 is 0 Å². The Kier molecular flexibility index (Phi) is 5.44. The topological polar surface area (TPSA) is 72.5 Å². The van der Waals surface area contributed by atoms with E-state index in [0.29, 0.717) is 0 Å². The number of esters is 1. The Morgan fingerprint density at radius 1 is 1.40 bits per heavy atom. The minimum atomic E-state index is -1.13. The van der Waals surface area contributed by atoms with E-state index in [1.54, 1.807) is 13.8 Å². The number of hydrogen-bond donors (Lipinski definition) is 1. The summed E-state index contributed by atoms with van der Waals surface area (Å²) in [6.45, 7) is 4.57. The number of Topliss-reactive ketones (excluding diaryl/α,β-unsaturated/α-hetero) is 1. The first-order chi connectivity index (χ1) is 9.27. The lowest BCUT2D eigenvalue weighted by atomic mass is 9.94. The Bertz CT molecular complexity index is 493. The van der Waals surface area contributed by atoms with Gasteiger partial charge in [-0.3, -0.25) is 9.59 Å². The van der Waals surface area contributed by atoms with E-state index in [4.69, 9.17) is 0 Å². The molecule has 0 bridgehead atoms. The minimum absolute atomic E-state index is 0.0766. The van der Waals surface area contributed by atoms with Crippen LogP contribution in [0.25, 0.3) is 0 Å². The van der Waals surface area contributed by atoms with Gasteiger partial charge in [-0.25, -0.2) is 4.79 Å². The number of carbonyl (C=O) groups excluding carboxylic acids is 3. The highest BCUT2D eigenvalue weighted by Crippen LogP contribution is 2.24. The quantitative estimate of drug-likeness (QED) is 0.814. The van der Waals surface area contributed by atoms with E-state index in [-0.39, 0.29) is 18.1 Å². The van der Waals surface area contributed by atoms with Gasteiger partial charge in [-0.1, -0.05) is 0 Å². The molecule has 1 amide bonds. The summed E-state index contributed by atoms with van der Waals surface area (Å²) >= 11 is 1.46. The standard InChI is InChI=1S/C14H19NO4S/c1-9(16)7-11(10-5-6-20-8-10)12(17)15-14(2,3)13(18)19-4/h5-6,8,11H,7H2,1-4H3,(H,15,17). The molecular formula is C14H19NO4S. The molecule has 1 heterocycles. The second-order valence-electron chi connectivity index (χ2n) is 5.12. The minimum Gasteiger partial charge on any atom is -0.467 e. The van der Waals surface area contributed by atoms with E-state index in [2.05, 4.69) is 10.1 Å². The molecular weight excluding hydrogens is 278 g/mol. The first kappa shape index (κ1) is 16.4. The van der Waals surface area contributed by atoms with Gasteiger partial charge in [0.1, 0.15) is 11.3 Å². The molecule has 0 fully saturated rings. The van der Waals surface area contributed by atoms with Crippen LogP contribution in [0, 0.1) is 0 Å². The molecule has 1 atom stereocenters. The van der Waals surface area contributed by atoms with E-state index in [1.807, 2.05) is 16.8 Å². The molecule has 1 N–H and O–H groups in total. The third kappa shape index (κ3) is 4.16. The first-order valence-corrected chi connectivity index (χ1v) is 7.14. The third-order valence-corrected chi connectivity index (χ3v) is 3.59. The summed E-state index contributed by atoms with van der Waals surface area (Å²) in [5.74, 6) is -1.54. The SMILES string of the molecule is COC(=O)C(C)(C)NC(=O)C(CC(C)=O)c1ccsc1. The van der Waals surface area contributed by atoms with Crippen molar-refractivity contribution in [3.8, 4) is 0 Å². The molecule has 1 rings (SSSR count). The largest absolute Gasteiger partial charge is 0.467 e. The van der Waals surface area contributed by atoms with Gasteiger partial charge in [-0.15, -0.1) is 0 Å². The molecule has 0 aromatic carbocycles. The monoisotopic (exact) mass is 297 g/mol. The molecule has 1 aromatic heterocycles. The summed E-state index contributed by atoms with van der Waals surface area (Å²) in [7, 11) is 1.27. The van der Waals surface area contributed by atoms with Crippen molar-refractivity contribution in [1.29, 1.82) is 0 Å². The average molecular weight is 297 g/mol. The van der Waals surface area contributed by atoms with Gasteiger partial charge in [-0.2, -0.15) is 11.3 Å². The second-order valence-corrected chi connectivity index (χ2v) is 5.90. The average Bonchev–Trinajstić information content (AvgIpc) is 2.87. The summed E-state index contributed by atoms with van der Waals surface area (Å²) in [6.07, 6.45) is 0.111. The van der Waals surface area contributed by atoms with Crippen LogP contribution in [0.2, 0.25) is 0 Å². The van der Waals surface area contributed by atoms with Crippen LogP contribution >= 0.6 is 11.3 Å². The van der Waals surface area contributed by atoms with Crippen LogP contribution in [0.4, 0.5) is 0 Å². The molecule has 6 heteroatoms. The van der Waals surface area contributed by atoms with Crippen LogP contribution in [0.3, 0.4) is 0 Å². The maximum Gasteiger partial charge on any atom is 0.330 e. The van der Waals surface area contributed by atoms with E-state index in [9.17, 15) is 14.4 Å². The van der Waals surface area contributed by atoms with Gasteiger partial charge in [0.15, 0.2) is 0 Å². The summed E-state index contributed by atoms with van der Waals surface area (Å²) in [6, 6.07) is 1.81. The van der Waals surface area contributed by atoms with Crippen molar-refractivity contribution in [2.24, 2.45) is 0 Å². The van der Waals surface area contributed by atoms with Crippen molar-refractivity contribution in [3.63, 3.8) is 0 Å². The van der Waals surface area contributed by atoms with Crippen molar-refractivity contribution >= 4 is 29.0 Å². The van der Waals surface area contributed by atoms with Gasteiger partial charge in [-0.05, 0) is 43.2 Å². The summed E-state index contributed by atoms with van der Waals surface area (Å²) in [5, 5.41) is 6.32. The number of thiophene rings is 1. The molecule has 0 aliphatic heterocycles. The normalized spacial score (nSPS) is 12.6. The predicted molar refractivity (Wildman–Crippen MR) is 76.6 cm³/mol. The molecule has 1 unspecified atom stereocenters. The molecule has 0 aliphatic carbocycles. The van der Waals surface area contributed by atoms with Crippen LogP contribution in [-0.2, 0) is 19.1 Å². The Labute approximate surface area is 122 Å². The Hall–Kier alpha value is -1.69. The zero-order valence-corrected chi connectivity index (χ0v) is 12.9. The molecule has 1 aromatic rings. The highest BCUT2D eigenvalue weighted by atomic mass is 32.1. The van der Waals surface area contributed by atoms with Gasteiger partial charge < -0.3 is 10.1 Å². The number of hydrogen-bond acceptors (Lipinski definition) is 5. The molecule has 0 spiro atoms. The van der Waals surface area contributed by atoms with Crippen molar-refractivity contribution < 1.29 is 19.1 Å². The highest BCUT2D eigenvalue weighted by molar-refractivity contribution is 7.08. The zero-order chi connectivity index (χ0) is 15.3. The molecule has 5 nitrogen and oxygen atoms in total. The highest BCUT2D eigenvalue weighted by Gasteiger charge is 2.34. The number of ether oxygens (including phenoxy) is 1. The van der Waals surface area contributed by atoms with E-state index < -0.39 is 17.4 Å².